The standard InChI is InChI=1S/C15H27N5OS/c1-5-13-18-12(19-21-13)7-8-17-14(16-6-2)20-9-10-22-15(3,4)11-20/h5-11H2,1-4H3,(H,16,17). The molecule has 1 fully saturated rings. The van der Waals surface area contributed by atoms with Crippen molar-refractivity contribution in [2.45, 2.75) is 45.3 Å². The number of nitrogens with one attached hydrogen (secondary N) is 1. The SMILES string of the molecule is CCNC(=NCCc1noc(CC)n1)N1CCSC(C)(C)C1. The van der Waals surface area contributed by atoms with Crippen molar-refractivity contribution in [1.82, 2.24) is 20.4 Å². The molecule has 0 radical (unpaired) electrons. The van der Waals surface area contributed by atoms with Gasteiger partial charge in [0.25, 0.3) is 0 Å². The predicted octanol–water partition coefficient (Wildman–Crippen LogP) is 1.97. The lowest BCUT2D eigenvalue weighted by molar-refractivity contribution is 0.374. The van der Waals surface area contributed by atoms with Gasteiger partial charge in [-0.3, -0.25) is 4.99 Å². The predicted molar refractivity (Wildman–Crippen MR) is 91.5 cm³/mol. The van der Waals surface area contributed by atoms with Crippen molar-refractivity contribution in [3.63, 3.8) is 0 Å². The first kappa shape index (κ1) is 17.1. The van der Waals surface area contributed by atoms with E-state index in [1.54, 1.807) is 0 Å². The molecule has 1 aliphatic heterocycles. The minimum Gasteiger partial charge on any atom is -0.357 e. The Balaban J connectivity index is 1.94. The van der Waals surface area contributed by atoms with Gasteiger partial charge in [0.05, 0.1) is 0 Å². The van der Waals surface area contributed by atoms with Gasteiger partial charge in [-0.1, -0.05) is 12.1 Å². The Labute approximate surface area is 137 Å². The molecule has 2 rings (SSSR count). The van der Waals surface area contributed by atoms with Crippen molar-refractivity contribution in [1.29, 1.82) is 0 Å². The second kappa shape index (κ2) is 7.85. The lowest BCUT2D eigenvalue weighted by Gasteiger charge is -2.39. The molecule has 1 aromatic heterocycles. The highest BCUT2D eigenvalue weighted by Crippen LogP contribution is 2.29. The molecular formula is C15H27N5OS. The first-order valence-corrected chi connectivity index (χ1v) is 9.01. The summed E-state index contributed by atoms with van der Waals surface area (Å²) in [5.74, 6) is 3.57. The third-order valence-electron chi connectivity index (χ3n) is 3.47. The van der Waals surface area contributed by atoms with Gasteiger partial charge in [0.15, 0.2) is 11.8 Å². The summed E-state index contributed by atoms with van der Waals surface area (Å²) in [6.07, 6.45) is 1.49. The zero-order valence-corrected chi connectivity index (χ0v) is 14.9. The molecule has 0 aromatic carbocycles. The van der Waals surface area contributed by atoms with Crippen LogP contribution in [0.25, 0.3) is 0 Å². The van der Waals surface area contributed by atoms with Crippen molar-refractivity contribution in [3.05, 3.63) is 11.7 Å². The molecule has 2 heterocycles. The van der Waals surface area contributed by atoms with E-state index >= 15 is 0 Å². The first-order chi connectivity index (χ1) is 10.5. The maximum atomic E-state index is 5.12. The Hall–Kier alpha value is -1.24. The normalized spacial score (nSPS) is 18.5. The number of aliphatic imine (C=N–C) groups is 1. The van der Waals surface area contributed by atoms with Crippen molar-refractivity contribution in [2.75, 3.05) is 31.9 Å². The van der Waals surface area contributed by atoms with E-state index in [1.165, 1.54) is 0 Å². The monoisotopic (exact) mass is 325 g/mol. The Morgan fingerprint density at radius 2 is 2.27 bits per heavy atom. The maximum absolute atomic E-state index is 5.12. The van der Waals surface area contributed by atoms with Crippen LogP contribution in [0, 0.1) is 0 Å². The summed E-state index contributed by atoms with van der Waals surface area (Å²) in [7, 11) is 0. The first-order valence-electron chi connectivity index (χ1n) is 8.02. The smallest absolute Gasteiger partial charge is 0.226 e. The molecule has 1 N–H and O–H groups in total. The number of hydrogen-bond donors (Lipinski definition) is 1. The quantitative estimate of drug-likeness (QED) is 0.659. The van der Waals surface area contributed by atoms with Crippen molar-refractivity contribution >= 4 is 17.7 Å². The molecule has 0 aliphatic carbocycles. The highest BCUT2D eigenvalue weighted by Gasteiger charge is 2.28. The summed E-state index contributed by atoms with van der Waals surface area (Å²) in [4.78, 5) is 11.4. The number of hydrogen-bond acceptors (Lipinski definition) is 5. The molecule has 0 unspecified atom stereocenters. The lowest BCUT2D eigenvalue weighted by Crippen LogP contribution is -2.51. The molecule has 0 amide bonds. The molecule has 7 heteroatoms. The summed E-state index contributed by atoms with van der Waals surface area (Å²) in [5.41, 5.74) is 0. The second-order valence-electron chi connectivity index (χ2n) is 5.97. The van der Waals surface area contributed by atoms with Crippen molar-refractivity contribution in [2.24, 2.45) is 4.99 Å². The minimum absolute atomic E-state index is 0.276. The molecule has 0 atom stereocenters. The van der Waals surface area contributed by atoms with Crippen LogP contribution in [0.15, 0.2) is 9.52 Å². The van der Waals surface area contributed by atoms with Gasteiger partial charge in [-0.05, 0) is 20.8 Å². The number of guanidine groups is 1. The Morgan fingerprint density at radius 3 is 2.91 bits per heavy atom. The van der Waals surface area contributed by atoms with Gasteiger partial charge in [-0.15, -0.1) is 0 Å². The molecule has 1 saturated heterocycles. The van der Waals surface area contributed by atoms with E-state index in [1.807, 2.05) is 18.7 Å². The number of aromatic nitrogens is 2. The highest BCUT2D eigenvalue weighted by molar-refractivity contribution is 8.00. The van der Waals surface area contributed by atoms with Crippen LogP contribution in [0.1, 0.15) is 39.4 Å². The van der Waals surface area contributed by atoms with E-state index in [2.05, 4.69) is 41.1 Å². The zero-order valence-electron chi connectivity index (χ0n) is 14.1. The van der Waals surface area contributed by atoms with Crippen LogP contribution in [-0.4, -0.2) is 57.7 Å². The summed E-state index contributed by atoms with van der Waals surface area (Å²) >= 11 is 2.03. The third kappa shape index (κ3) is 4.90. The number of rotatable bonds is 5. The molecule has 22 heavy (non-hydrogen) atoms. The van der Waals surface area contributed by atoms with E-state index in [0.717, 1.165) is 43.6 Å². The summed E-state index contributed by atoms with van der Waals surface area (Å²) < 4.78 is 5.40. The van der Waals surface area contributed by atoms with Crippen LogP contribution in [0.4, 0.5) is 0 Å². The molecule has 0 saturated carbocycles. The number of thioether (sulfide) groups is 1. The largest absolute Gasteiger partial charge is 0.357 e. The third-order valence-corrected chi connectivity index (χ3v) is 4.77. The van der Waals surface area contributed by atoms with Crippen LogP contribution in [-0.2, 0) is 12.8 Å². The average Bonchev–Trinajstić information content (AvgIpc) is 2.93. The van der Waals surface area contributed by atoms with E-state index in [4.69, 9.17) is 9.52 Å². The number of nitrogens with zero attached hydrogens (tertiary/aromatic N) is 4. The van der Waals surface area contributed by atoms with Gasteiger partial charge in [0.1, 0.15) is 0 Å². The van der Waals surface area contributed by atoms with Crippen LogP contribution in [0.5, 0.6) is 0 Å². The van der Waals surface area contributed by atoms with Crippen molar-refractivity contribution in [3.8, 4) is 0 Å². The summed E-state index contributed by atoms with van der Waals surface area (Å²) in [6, 6.07) is 0. The van der Waals surface area contributed by atoms with Gasteiger partial charge in [-0.25, -0.2) is 0 Å². The highest BCUT2D eigenvalue weighted by atomic mass is 32.2. The number of aryl methyl sites for hydroxylation is 1. The van der Waals surface area contributed by atoms with E-state index in [0.29, 0.717) is 18.9 Å². The Morgan fingerprint density at radius 1 is 1.45 bits per heavy atom. The van der Waals surface area contributed by atoms with E-state index < -0.39 is 0 Å². The Bertz CT molecular complexity index is 500. The topological polar surface area (TPSA) is 66.5 Å². The molecule has 6 nitrogen and oxygen atoms in total. The molecule has 0 bridgehead atoms. The fourth-order valence-electron chi connectivity index (χ4n) is 2.42. The van der Waals surface area contributed by atoms with Gasteiger partial charge in [-0.2, -0.15) is 16.7 Å². The van der Waals surface area contributed by atoms with E-state index in [-0.39, 0.29) is 4.75 Å². The van der Waals surface area contributed by atoms with E-state index in [9.17, 15) is 0 Å². The summed E-state index contributed by atoms with van der Waals surface area (Å²) in [6.45, 7) is 12.3. The van der Waals surface area contributed by atoms with Crippen molar-refractivity contribution < 1.29 is 4.52 Å². The minimum atomic E-state index is 0.276. The maximum Gasteiger partial charge on any atom is 0.226 e. The molecular weight excluding hydrogens is 298 g/mol. The fraction of sp³-hybridized carbons (Fsp3) is 0.800. The molecule has 0 spiro atoms. The lowest BCUT2D eigenvalue weighted by atomic mass is 10.2. The van der Waals surface area contributed by atoms with Gasteiger partial charge in [0.2, 0.25) is 5.89 Å². The second-order valence-corrected chi connectivity index (χ2v) is 7.78. The van der Waals surface area contributed by atoms with Crippen LogP contribution in [0.2, 0.25) is 0 Å². The molecule has 1 aromatic rings. The van der Waals surface area contributed by atoms with Gasteiger partial charge < -0.3 is 14.7 Å². The van der Waals surface area contributed by atoms with Gasteiger partial charge in [0, 0.05) is 49.5 Å². The van der Waals surface area contributed by atoms with Crippen LogP contribution in [0.3, 0.4) is 0 Å². The molecule has 1 aliphatic rings. The fourth-order valence-corrected chi connectivity index (χ4v) is 3.53. The summed E-state index contributed by atoms with van der Waals surface area (Å²) in [5, 5.41) is 7.37. The van der Waals surface area contributed by atoms with Crippen LogP contribution < -0.4 is 5.32 Å². The zero-order chi connectivity index (χ0) is 16.0. The average molecular weight is 325 g/mol. The molecule has 124 valence electrons. The Kier molecular flexibility index (Phi) is 6.11. The van der Waals surface area contributed by atoms with Crippen LogP contribution >= 0.6 is 11.8 Å². The van der Waals surface area contributed by atoms with Gasteiger partial charge >= 0.3 is 0 Å².